The summed E-state index contributed by atoms with van der Waals surface area (Å²) in [4.78, 5) is 51.9. The Kier molecular flexibility index (Phi) is 11.0. The van der Waals surface area contributed by atoms with Crippen LogP contribution in [0.5, 0.6) is 0 Å². The van der Waals surface area contributed by atoms with Crippen molar-refractivity contribution in [2.24, 2.45) is 0 Å². The lowest BCUT2D eigenvalue weighted by atomic mass is 9.96. The summed E-state index contributed by atoms with van der Waals surface area (Å²) < 4.78 is 9.79. The van der Waals surface area contributed by atoms with Gasteiger partial charge in [-0.3, -0.25) is 14.4 Å². The highest BCUT2D eigenvalue weighted by molar-refractivity contribution is 5.93. The number of methoxy groups -OCH3 is 1. The van der Waals surface area contributed by atoms with Crippen LogP contribution in [0.1, 0.15) is 56.8 Å². The van der Waals surface area contributed by atoms with Gasteiger partial charge in [0, 0.05) is 6.54 Å². The number of alkyl carbamates (subject to hydrolysis) is 1. The average Bonchev–Trinajstić information content (AvgIpc) is 2.74. The number of rotatable bonds is 10. The van der Waals surface area contributed by atoms with Crippen LogP contribution in [0.25, 0.3) is 0 Å². The highest BCUT2D eigenvalue weighted by atomic mass is 16.6. The third kappa shape index (κ3) is 8.66. The average molecular weight is 480 g/mol. The predicted octanol–water partition coefficient (Wildman–Crippen LogP) is 1.76. The minimum Gasteiger partial charge on any atom is -0.468 e. The summed E-state index contributed by atoms with van der Waals surface area (Å²) in [6.07, 6.45) is -0.364. The number of nitrogens with one attached hydrogen (secondary N) is 2. The van der Waals surface area contributed by atoms with E-state index in [1.54, 1.807) is 26.8 Å². The zero-order valence-corrected chi connectivity index (χ0v) is 21.1. The Labute approximate surface area is 201 Å². The fourth-order valence-corrected chi connectivity index (χ4v) is 3.35. The molecule has 0 saturated carbocycles. The minimum atomic E-state index is -1.33. The van der Waals surface area contributed by atoms with E-state index in [2.05, 4.69) is 15.4 Å². The van der Waals surface area contributed by atoms with Crippen molar-refractivity contribution in [1.82, 2.24) is 15.5 Å². The largest absolute Gasteiger partial charge is 0.468 e. The first-order valence-corrected chi connectivity index (χ1v) is 11.2. The molecule has 3 amide bonds. The second kappa shape index (κ2) is 12.9. The molecule has 1 aromatic rings. The first-order chi connectivity index (χ1) is 15.8. The third-order valence-electron chi connectivity index (χ3n) is 4.83. The number of benzene rings is 1. The molecule has 0 radical (unpaired) electrons. The Balaban J connectivity index is 3.38. The van der Waals surface area contributed by atoms with Crippen LogP contribution in [0.2, 0.25) is 0 Å². The van der Waals surface area contributed by atoms with Gasteiger partial charge in [0.1, 0.15) is 24.2 Å². The molecule has 1 rings (SSSR count). The number of carbonyl (C=O) groups excluding carboxylic acids is 4. The van der Waals surface area contributed by atoms with Gasteiger partial charge in [-0.2, -0.15) is 0 Å². The normalized spacial score (nSPS) is 12.8. The summed E-state index contributed by atoms with van der Waals surface area (Å²) in [7, 11) is 1.21. The molecule has 190 valence electrons. The van der Waals surface area contributed by atoms with Crippen LogP contribution in [-0.2, 0) is 23.9 Å². The number of carbonyl (C=O) groups is 4. The van der Waals surface area contributed by atoms with Crippen LogP contribution in [0, 0.1) is 13.8 Å². The van der Waals surface area contributed by atoms with Gasteiger partial charge < -0.3 is 30.1 Å². The summed E-state index contributed by atoms with van der Waals surface area (Å²) in [5.41, 5.74) is 1.51. The number of aliphatic hydroxyl groups is 1. The molecule has 1 aromatic carbocycles. The van der Waals surface area contributed by atoms with E-state index < -0.39 is 48.2 Å². The number of ether oxygens (including phenoxy) is 2. The number of hydrogen-bond acceptors (Lipinski definition) is 7. The summed E-state index contributed by atoms with van der Waals surface area (Å²) in [5.74, 6) is -1.89. The zero-order valence-electron chi connectivity index (χ0n) is 21.1. The maximum absolute atomic E-state index is 13.5. The van der Waals surface area contributed by atoms with E-state index in [0.717, 1.165) is 11.1 Å². The van der Waals surface area contributed by atoms with Crippen LogP contribution in [0.3, 0.4) is 0 Å². The van der Waals surface area contributed by atoms with Crippen molar-refractivity contribution in [2.45, 2.75) is 65.6 Å². The topological polar surface area (TPSA) is 134 Å². The van der Waals surface area contributed by atoms with E-state index in [-0.39, 0.29) is 13.1 Å². The lowest BCUT2D eigenvalue weighted by molar-refractivity contribution is -0.145. The lowest BCUT2D eigenvalue weighted by Gasteiger charge is -2.34. The minimum absolute atomic E-state index is 0.162. The van der Waals surface area contributed by atoms with Crippen molar-refractivity contribution in [2.75, 3.05) is 26.8 Å². The molecule has 0 spiro atoms. The van der Waals surface area contributed by atoms with Crippen molar-refractivity contribution in [3.8, 4) is 0 Å². The molecule has 10 heteroatoms. The van der Waals surface area contributed by atoms with E-state index >= 15 is 0 Å². The molecule has 0 bridgehead atoms. The molecule has 0 saturated heterocycles. The molecular formula is C24H37N3O7. The maximum Gasteiger partial charge on any atom is 0.408 e. The molecule has 0 heterocycles. The first kappa shape index (κ1) is 28.9. The second-order valence-electron chi connectivity index (χ2n) is 8.97. The van der Waals surface area contributed by atoms with Gasteiger partial charge in [-0.25, -0.2) is 4.79 Å². The van der Waals surface area contributed by atoms with Crippen LogP contribution < -0.4 is 10.6 Å². The summed E-state index contributed by atoms with van der Waals surface area (Å²) >= 11 is 0. The third-order valence-corrected chi connectivity index (χ3v) is 4.83. The lowest BCUT2D eigenvalue weighted by Crippen LogP contribution is -2.54. The summed E-state index contributed by atoms with van der Waals surface area (Å²) in [6.45, 7) is 9.68. The zero-order chi connectivity index (χ0) is 26.1. The van der Waals surface area contributed by atoms with Crippen molar-refractivity contribution in [3.05, 3.63) is 34.9 Å². The molecule has 10 nitrogen and oxygen atoms in total. The van der Waals surface area contributed by atoms with Gasteiger partial charge >= 0.3 is 12.1 Å². The molecule has 0 aliphatic heterocycles. The number of aryl methyl sites for hydroxylation is 2. The van der Waals surface area contributed by atoms with Gasteiger partial charge in [0.25, 0.3) is 0 Å². The number of esters is 1. The highest BCUT2D eigenvalue weighted by Gasteiger charge is 2.36. The Bertz CT molecular complexity index is 880. The number of aliphatic hydroxyl groups excluding tert-OH is 1. The van der Waals surface area contributed by atoms with Gasteiger partial charge in [-0.05, 0) is 52.2 Å². The molecule has 0 aliphatic carbocycles. The molecular weight excluding hydrogens is 442 g/mol. The quantitative estimate of drug-likeness (QED) is 0.435. The van der Waals surface area contributed by atoms with Crippen LogP contribution in [-0.4, -0.2) is 72.3 Å². The van der Waals surface area contributed by atoms with Crippen LogP contribution in [0.15, 0.2) is 18.2 Å². The van der Waals surface area contributed by atoms with Crippen molar-refractivity contribution in [3.63, 3.8) is 0 Å². The number of nitrogens with zero attached hydrogens (tertiary/aromatic N) is 1. The molecule has 34 heavy (non-hydrogen) atoms. The number of hydrogen-bond donors (Lipinski definition) is 3. The van der Waals surface area contributed by atoms with Crippen LogP contribution in [0.4, 0.5) is 4.79 Å². The standard InChI is InChI=1S/C24H37N3O7/c1-8-11-27(22(31)18(14-28)26-23(32)34-24(4,5)6)20(21(30)25-13-19(29)33-7)17-10-9-15(2)12-16(17)3/h9-10,12,18,20,28H,8,11,13-14H2,1-7H3,(H,25,30)(H,26,32). The fraction of sp³-hybridized carbons (Fsp3) is 0.583. The van der Waals surface area contributed by atoms with E-state index in [0.29, 0.717) is 12.0 Å². The van der Waals surface area contributed by atoms with Crippen molar-refractivity contribution in [1.29, 1.82) is 0 Å². The summed E-state index contributed by atoms with van der Waals surface area (Å²) in [6, 6.07) is 3.01. The first-order valence-electron chi connectivity index (χ1n) is 11.2. The molecule has 2 unspecified atom stereocenters. The maximum atomic E-state index is 13.5. The van der Waals surface area contributed by atoms with Crippen LogP contribution >= 0.6 is 0 Å². The highest BCUT2D eigenvalue weighted by Crippen LogP contribution is 2.26. The number of amides is 3. The van der Waals surface area contributed by atoms with E-state index in [1.165, 1.54) is 12.0 Å². The Morgan fingerprint density at radius 3 is 2.29 bits per heavy atom. The van der Waals surface area contributed by atoms with E-state index in [9.17, 15) is 24.3 Å². The fourth-order valence-electron chi connectivity index (χ4n) is 3.35. The molecule has 3 N–H and O–H groups in total. The Hall–Kier alpha value is -3.14. The van der Waals surface area contributed by atoms with Crippen molar-refractivity contribution < 1.29 is 33.8 Å². The van der Waals surface area contributed by atoms with E-state index in [1.807, 2.05) is 32.9 Å². The Morgan fingerprint density at radius 2 is 1.79 bits per heavy atom. The van der Waals surface area contributed by atoms with Gasteiger partial charge in [-0.15, -0.1) is 0 Å². The molecule has 0 fully saturated rings. The smallest absolute Gasteiger partial charge is 0.408 e. The van der Waals surface area contributed by atoms with Gasteiger partial charge in [0.15, 0.2) is 0 Å². The van der Waals surface area contributed by atoms with Gasteiger partial charge in [0.05, 0.1) is 13.7 Å². The molecule has 0 aromatic heterocycles. The SMILES string of the molecule is CCCN(C(=O)C(CO)NC(=O)OC(C)(C)C)C(C(=O)NCC(=O)OC)c1ccc(C)cc1C. The van der Waals surface area contributed by atoms with Gasteiger partial charge in [0.2, 0.25) is 11.8 Å². The summed E-state index contributed by atoms with van der Waals surface area (Å²) in [5, 5.41) is 14.8. The molecule has 2 atom stereocenters. The predicted molar refractivity (Wildman–Crippen MR) is 126 cm³/mol. The Morgan fingerprint density at radius 1 is 1.15 bits per heavy atom. The second-order valence-corrected chi connectivity index (χ2v) is 8.97. The van der Waals surface area contributed by atoms with Gasteiger partial charge in [-0.1, -0.05) is 30.7 Å². The van der Waals surface area contributed by atoms with Crippen molar-refractivity contribution >= 4 is 23.9 Å². The monoisotopic (exact) mass is 479 g/mol. The molecule has 0 aliphatic rings. The van der Waals surface area contributed by atoms with E-state index in [4.69, 9.17) is 4.74 Å².